The SMILES string of the molecule is COc1cnc2c(NCC/C=C\C(=N/NC=O)n3cc(CCCN4CCCC4)c4ccc(F)cc43)ccnc2c1. The predicted octanol–water partition coefficient (Wildman–Crippen LogP) is 4.73. The standard InChI is InChI=1S/C30H34FN7O2/c1-40-24-18-27-30(34-19-24)26(11-13-33-27)32-12-3-2-8-29(36-35-21-39)38-20-22(7-6-16-37-14-4-5-15-37)25-10-9-23(31)17-28(25)38/h2,8-11,13,17-21H,3-7,12,14-16H2,1H3,(H,32,33)(H,35,39)/b8-2-,36-29+. The third-order valence-electron chi connectivity index (χ3n) is 7.13. The summed E-state index contributed by atoms with van der Waals surface area (Å²) in [5.41, 5.74) is 6.65. The predicted molar refractivity (Wildman–Crippen MR) is 156 cm³/mol. The lowest BCUT2D eigenvalue weighted by molar-refractivity contribution is -0.109. The number of aryl methyl sites for hydroxylation is 1. The zero-order valence-electron chi connectivity index (χ0n) is 22.6. The second-order valence-corrected chi connectivity index (χ2v) is 9.77. The number of fused-ring (bicyclic) bond motifs is 2. The molecule has 1 amide bonds. The minimum absolute atomic E-state index is 0.317. The molecule has 0 spiro atoms. The van der Waals surface area contributed by atoms with Crippen LogP contribution in [0.5, 0.6) is 5.75 Å². The van der Waals surface area contributed by atoms with E-state index in [0.717, 1.165) is 52.6 Å². The topological polar surface area (TPSA) is 96.7 Å². The van der Waals surface area contributed by atoms with Gasteiger partial charge >= 0.3 is 0 Å². The monoisotopic (exact) mass is 543 g/mol. The fourth-order valence-electron chi connectivity index (χ4n) is 5.17. The highest BCUT2D eigenvalue weighted by Gasteiger charge is 2.15. The number of allylic oxidation sites excluding steroid dienone is 1. The molecule has 1 fully saturated rings. The average Bonchev–Trinajstić information content (AvgIpc) is 3.62. The number of methoxy groups -OCH3 is 1. The van der Waals surface area contributed by atoms with Crippen LogP contribution in [0, 0.1) is 5.82 Å². The maximum Gasteiger partial charge on any atom is 0.227 e. The molecule has 10 heteroatoms. The largest absolute Gasteiger partial charge is 0.495 e. The Balaban J connectivity index is 1.30. The Labute approximate surface area is 232 Å². The molecule has 5 rings (SSSR count). The fourth-order valence-corrected chi connectivity index (χ4v) is 5.17. The lowest BCUT2D eigenvalue weighted by Crippen LogP contribution is -2.20. The molecule has 2 N–H and O–H groups in total. The Bertz CT molecular complexity index is 1530. The van der Waals surface area contributed by atoms with E-state index in [1.165, 1.54) is 38.1 Å². The quantitative estimate of drug-likeness (QED) is 0.0882. The smallest absolute Gasteiger partial charge is 0.227 e. The first-order chi connectivity index (χ1) is 19.7. The van der Waals surface area contributed by atoms with Crippen LogP contribution in [0.4, 0.5) is 10.1 Å². The molecular weight excluding hydrogens is 509 g/mol. The summed E-state index contributed by atoms with van der Waals surface area (Å²) in [5.74, 6) is 0.835. The molecule has 1 saturated heterocycles. The van der Waals surface area contributed by atoms with Crippen LogP contribution in [0.1, 0.15) is 31.2 Å². The number of nitrogens with zero attached hydrogens (tertiary/aromatic N) is 5. The third-order valence-corrected chi connectivity index (χ3v) is 7.13. The van der Waals surface area contributed by atoms with Gasteiger partial charge in [-0.3, -0.25) is 14.3 Å². The van der Waals surface area contributed by atoms with Crippen LogP contribution in [-0.2, 0) is 11.2 Å². The molecule has 0 aliphatic carbocycles. The van der Waals surface area contributed by atoms with Crippen molar-refractivity contribution in [1.82, 2.24) is 24.9 Å². The first-order valence-corrected chi connectivity index (χ1v) is 13.6. The highest BCUT2D eigenvalue weighted by molar-refractivity contribution is 6.02. The normalized spacial score (nSPS) is 14.4. The molecule has 3 aromatic heterocycles. The number of carbonyl (C=O) groups is 1. The molecule has 4 heterocycles. The summed E-state index contributed by atoms with van der Waals surface area (Å²) in [6, 6.07) is 8.57. The van der Waals surface area contributed by atoms with Crippen molar-refractivity contribution in [2.75, 3.05) is 38.6 Å². The number of likely N-dealkylation sites (tertiary alicyclic amines) is 1. The number of anilines is 1. The van der Waals surface area contributed by atoms with Gasteiger partial charge in [0.05, 0.1) is 30.0 Å². The van der Waals surface area contributed by atoms with E-state index in [2.05, 4.69) is 30.7 Å². The molecule has 0 atom stereocenters. The van der Waals surface area contributed by atoms with Gasteiger partial charge in [0.25, 0.3) is 0 Å². The highest BCUT2D eigenvalue weighted by Crippen LogP contribution is 2.25. The van der Waals surface area contributed by atoms with Gasteiger partial charge in [-0.1, -0.05) is 6.08 Å². The zero-order chi connectivity index (χ0) is 27.7. The number of carbonyl (C=O) groups excluding carboxylic acids is 1. The molecule has 1 aromatic carbocycles. The lowest BCUT2D eigenvalue weighted by atomic mass is 10.1. The third kappa shape index (κ3) is 6.45. The summed E-state index contributed by atoms with van der Waals surface area (Å²) in [5, 5.41) is 8.65. The van der Waals surface area contributed by atoms with Gasteiger partial charge in [0.2, 0.25) is 6.41 Å². The van der Waals surface area contributed by atoms with Crippen molar-refractivity contribution >= 4 is 39.9 Å². The molecule has 4 aromatic rings. The Morgan fingerprint density at radius 3 is 2.90 bits per heavy atom. The number of halogens is 1. The summed E-state index contributed by atoms with van der Waals surface area (Å²) >= 11 is 0. The van der Waals surface area contributed by atoms with E-state index in [9.17, 15) is 9.18 Å². The van der Waals surface area contributed by atoms with Crippen LogP contribution < -0.4 is 15.5 Å². The number of hydrogen-bond donors (Lipinski definition) is 2. The fraction of sp³-hybridized carbons (Fsp3) is 0.333. The lowest BCUT2D eigenvalue weighted by Gasteiger charge is -2.13. The van der Waals surface area contributed by atoms with Crippen molar-refractivity contribution in [2.45, 2.75) is 32.1 Å². The second kappa shape index (κ2) is 13.2. The number of amides is 1. The van der Waals surface area contributed by atoms with Crippen LogP contribution in [0.3, 0.4) is 0 Å². The van der Waals surface area contributed by atoms with Gasteiger partial charge in [0.1, 0.15) is 17.1 Å². The first-order valence-electron chi connectivity index (χ1n) is 13.6. The van der Waals surface area contributed by atoms with Gasteiger partial charge in [0.15, 0.2) is 5.84 Å². The average molecular weight is 544 g/mol. The van der Waals surface area contributed by atoms with E-state index in [0.29, 0.717) is 31.0 Å². The van der Waals surface area contributed by atoms with Crippen molar-refractivity contribution in [3.05, 3.63) is 72.5 Å². The summed E-state index contributed by atoms with van der Waals surface area (Å²) < 4.78 is 21.4. The zero-order valence-corrected chi connectivity index (χ0v) is 22.6. The van der Waals surface area contributed by atoms with Gasteiger partial charge in [-0.2, -0.15) is 5.10 Å². The Kier molecular flexibility index (Phi) is 8.97. The van der Waals surface area contributed by atoms with E-state index in [1.807, 2.05) is 41.1 Å². The van der Waals surface area contributed by atoms with Crippen LogP contribution in [0.25, 0.3) is 21.9 Å². The van der Waals surface area contributed by atoms with E-state index < -0.39 is 0 Å². The number of hydrazone groups is 1. The minimum atomic E-state index is -0.317. The summed E-state index contributed by atoms with van der Waals surface area (Å²) in [7, 11) is 1.60. The second-order valence-electron chi connectivity index (χ2n) is 9.77. The molecule has 0 radical (unpaired) electrons. The molecule has 0 unspecified atom stereocenters. The summed E-state index contributed by atoms with van der Waals surface area (Å²) in [6.45, 7) is 4.04. The number of aromatic nitrogens is 3. The number of benzene rings is 1. The maximum absolute atomic E-state index is 14.3. The summed E-state index contributed by atoms with van der Waals surface area (Å²) in [4.78, 5) is 22.4. The molecule has 0 saturated carbocycles. The number of rotatable bonds is 12. The van der Waals surface area contributed by atoms with Gasteiger partial charge < -0.3 is 15.0 Å². The molecule has 1 aliphatic rings. The molecular formula is C30H34FN7O2. The Morgan fingerprint density at radius 1 is 1.20 bits per heavy atom. The van der Waals surface area contributed by atoms with Crippen LogP contribution in [0.15, 0.2) is 66.2 Å². The Hall–Kier alpha value is -4.31. The van der Waals surface area contributed by atoms with Crippen molar-refractivity contribution in [3.63, 3.8) is 0 Å². The van der Waals surface area contributed by atoms with Crippen molar-refractivity contribution in [3.8, 4) is 5.75 Å². The van der Waals surface area contributed by atoms with E-state index in [-0.39, 0.29) is 5.82 Å². The van der Waals surface area contributed by atoms with Crippen LogP contribution in [0.2, 0.25) is 0 Å². The number of pyridine rings is 2. The first kappa shape index (κ1) is 27.3. The van der Waals surface area contributed by atoms with Gasteiger partial charge in [-0.25, -0.2) is 14.8 Å². The molecule has 9 nitrogen and oxygen atoms in total. The van der Waals surface area contributed by atoms with Crippen molar-refractivity contribution in [2.24, 2.45) is 5.10 Å². The van der Waals surface area contributed by atoms with Crippen LogP contribution >= 0.6 is 0 Å². The van der Waals surface area contributed by atoms with Gasteiger partial charge in [-0.15, -0.1) is 0 Å². The van der Waals surface area contributed by atoms with Gasteiger partial charge in [0, 0.05) is 30.4 Å². The van der Waals surface area contributed by atoms with Crippen molar-refractivity contribution in [1.29, 1.82) is 0 Å². The maximum atomic E-state index is 14.3. The van der Waals surface area contributed by atoms with Crippen molar-refractivity contribution < 1.29 is 13.9 Å². The molecule has 208 valence electrons. The highest BCUT2D eigenvalue weighted by atomic mass is 19.1. The number of nitrogens with one attached hydrogen (secondary N) is 2. The summed E-state index contributed by atoms with van der Waals surface area (Å²) in [6.07, 6.45) is 14.9. The minimum Gasteiger partial charge on any atom is -0.495 e. The number of ether oxygens (including phenoxy) is 1. The van der Waals surface area contributed by atoms with Crippen LogP contribution in [-0.4, -0.2) is 65.0 Å². The molecule has 0 bridgehead atoms. The number of hydrogen-bond acceptors (Lipinski definition) is 7. The van der Waals surface area contributed by atoms with Gasteiger partial charge in [-0.05, 0) is 87.6 Å². The van der Waals surface area contributed by atoms with E-state index in [4.69, 9.17) is 4.74 Å². The molecule has 1 aliphatic heterocycles. The Morgan fingerprint density at radius 2 is 2.08 bits per heavy atom. The molecule has 40 heavy (non-hydrogen) atoms. The van der Waals surface area contributed by atoms with E-state index in [1.54, 1.807) is 19.5 Å². The van der Waals surface area contributed by atoms with E-state index >= 15 is 0 Å².